The maximum atomic E-state index is 12.8. The van der Waals surface area contributed by atoms with E-state index in [4.69, 9.17) is 9.15 Å². The van der Waals surface area contributed by atoms with E-state index in [2.05, 4.69) is 10.6 Å². The van der Waals surface area contributed by atoms with E-state index in [0.717, 1.165) is 27.7 Å². The molecule has 0 fully saturated rings. The van der Waals surface area contributed by atoms with Crippen molar-refractivity contribution in [3.05, 3.63) is 34.6 Å². The summed E-state index contributed by atoms with van der Waals surface area (Å²) in [4.78, 5) is 24.6. The standard InChI is InChI=1S/C21H30N2O4/c1-12-9-10-13(2)16-15(12)14(3)17(26-16)18(24)23-21(7,8)11-22-19(25)27-20(4,5)6/h9-10H,11H2,1-8H3,(H,22,25)(H,23,24). The van der Waals surface area contributed by atoms with Crippen molar-refractivity contribution < 1.29 is 18.7 Å². The number of rotatable bonds is 4. The van der Waals surface area contributed by atoms with Crippen molar-refractivity contribution in [1.82, 2.24) is 10.6 Å². The fourth-order valence-electron chi connectivity index (χ4n) is 2.91. The van der Waals surface area contributed by atoms with E-state index in [-0.39, 0.29) is 12.5 Å². The van der Waals surface area contributed by atoms with Crippen LogP contribution in [0, 0.1) is 20.8 Å². The van der Waals surface area contributed by atoms with Gasteiger partial charge in [-0.2, -0.15) is 0 Å². The summed E-state index contributed by atoms with van der Waals surface area (Å²) in [5, 5.41) is 6.59. The molecular formula is C21H30N2O4. The maximum Gasteiger partial charge on any atom is 0.407 e. The number of carbonyl (C=O) groups is 2. The molecular weight excluding hydrogens is 344 g/mol. The molecule has 6 nitrogen and oxygen atoms in total. The summed E-state index contributed by atoms with van der Waals surface area (Å²) in [6.07, 6.45) is -0.518. The lowest BCUT2D eigenvalue weighted by Crippen LogP contribution is -2.52. The van der Waals surface area contributed by atoms with Crippen LogP contribution in [0.5, 0.6) is 0 Å². The minimum absolute atomic E-state index is 0.227. The van der Waals surface area contributed by atoms with Crippen LogP contribution in [-0.2, 0) is 4.74 Å². The smallest absolute Gasteiger partial charge is 0.407 e. The number of fused-ring (bicyclic) bond motifs is 1. The average molecular weight is 374 g/mol. The van der Waals surface area contributed by atoms with Crippen LogP contribution in [0.2, 0.25) is 0 Å². The predicted molar refractivity (Wildman–Crippen MR) is 106 cm³/mol. The lowest BCUT2D eigenvalue weighted by Gasteiger charge is -2.27. The molecule has 0 spiro atoms. The number of aryl methyl sites for hydroxylation is 3. The predicted octanol–water partition coefficient (Wildman–Crippen LogP) is 4.39. The number of nitrogens with one attached hydrogen (secondary N) is 2. The summed E-state index contributed by atoms with van der Waals surface area (Å²) in [6, 6.07) is 4.01. The van der Waals surface area contributed by atoms with E-state index < -0.39 is 17.2 Å². The van der Waals surface area contributed by atoms with Gasteiger partial charge in [0.25, 0.3) is 5.91 Å². The lowest BCUT2D eigenvalue weighted by molar-refractivity contribution is 0.0509. The molecule has 1 heterocycles. The molecule has 0 bridgehead atoms. The molecule has 6 heteroatoms. The monoisotopic (exact) mass is 374 g/mol. The van der Waals surface area contributed by atoms with Crippen molar-refractivity contribution in [3.8, 4) is 0 Å². The largest absolute Gasteiger partial charge is 0.450 e. The SMILES string of the molecule is Cc1ccc(C)c2c(C)c(C(=O)NC(C)(C)CNC(=O)OC(C)(C)C)oc12. The van der Waals surface area contributed by atoms with Crippen molar-refractivity contribution in [2.24, 2.45) is 0 Å². The van der Waals surface area contributed by atoms with Gasteiger partial charge < -0.3 is 19.8 Å². The zero-order valence-electron chi connectivity index (χ0n) is 17.5. The Morgan fingerprint density at radius 2 is 1.63 bits per heavy atom. The van der Waals surface area contributed by atoms with Gasteiger partial charge >= 0.3 is 6.09 Å². The summed E-state index contributed by atoms with van der Waals surface area (Å²) in [7, 11) is 0. The Morgan fingerprint density at radius 1 is 1.04 bits per heavy atom. The molecule has 0 saturated heterocycles. The topological polar surface area (TPSA) is 80.6 Å². The number of benzene rings is 1. The first kappa shape index (κ1) is 20.8. The number of alkyl carbamates (subject to hydrolysis) is 1. The van der Waals surface area contributed by atoms with Crippen molar-refractivity contribution >= 4 is 23.0 Å². The average Bonchev–Trinajstić information content (AvgIpc) is 2.86. The summed E-state index contributed by atoms with van der Waals surface area (Å²) in [6.45, 7) is 15.1. The second-order valence-corrected chi connectivity index (χ2v) is 8.65. The van der Waals surface area contributed by atoms with Gasteiger partial charge in [0.05, 0.1) is 5.54 Å². The number of hydrogen-bond acceptors (Lipinski definition) is 4. The maximum absolute atomic E-state index is 12.8. The van der Waals surface area contributed by atoms with Crippen molar-refractivity contribution in [1.29, 1.82) is 0 Å². The molecule has 0 atom stereocenters. The highest BCUT2D eigenvalue weighted by molar-refractivity contribution is 6.00. The molecule has 148 valence electrons. The summed E-state index contributed by atoms with van der Waals surface area (Å²) >= 11 is 0. The number of carbonyl (C=O) groups excluding carboxylic acids is 2. The van der Waals surface area contributed by atoms with Crippen LogP contribution in [0.25, 0.3) is 11.0 Å². The van der Waals surface area contributed by atoms with Gasteiger partial charge in [-0.1, -0.05) is 12.1 Å². The van der Waals surface area contributed by atoms with E-state index in [1.54, 1.807) is 20.8 Å². The Hall–Kier alpha value is -2.50. The minimum Gasteiger partial charge on any atom is -0.450 e. The van der Waals surface area contributed by atoms with Crippen molar-refractivity contribution in [2.75, 3.05) is 6.54 Å². The first-order valence-electron chi connectivity index (χ1n) is 9.09. The Morgan fingerprint density at radius 3 is 2.19 bits per heavy atom. The number of amides is 2. The second-order valence-electron chi connectivity index (χ2n) is 8.65. The van der Waals surface area contributed by atoms with Crippen LogP contribution in [0.15, 0.2) is 16.5 Å². The summed E-state index contributed by atoms with van der Waals surface area (Å²) in [5.74, 6) is -0.00812. The van der Waals surface area contributed by atoms with Crippen LogP contribution in [-0.4, -0.2) is 29.7 Å². The molecule has 0 aliphatic heterocycles. The Kier molecular flexibility index (Phi) is 5.59. The zero-order chi connectivity index (χ0) is 20.6. The molecule has 0 aliphatic rings. The van der Waals surface area contributed by atoms with Gasteiger partial charge in [0.1, 0.15) is 11.2 Å². The first-order chi connectivity index (χ1) is 12.3. The minimum atomic E-state index is -0.677. The van der Waals surface area contributed by atoms with E-state index in [0.29, 0.717) is 5.76 Å². The first-order valence-corrected chi connectivity index (χ1v) is 9.09. The molecule has 0 unspecified atom stereocenters. The Bertz CT molecular complexity index is 872. The highest BCUT2D eigenvalue weighted by Gasteiger charge is 2.27. The van der Waals surface area contributed by atoms with Gasteiger partial charge in [-0.25, -0.2) is 4.79 Å². The molecule has 2 aromatic rings. The fraction of sp³-hybridized carbons (Fsp3) is 0.524. The third-order valence-electron chi connectivity index (χ3n) is 4.21. The van der Waals surface area contributed by atoms with Crippen LogP contribution < -0.4 is 10.6 Å². The molecule has 2 N–H and O–H groups in total. The van der Waals surface area contributed by atoms with Crippen LogP contribution >= 0.6 is 0 Å². The van der Waals surface area contributed by atoms with Gasteiger partial charge in [-0.15, -0.1) is 0 Å². The molecule has 2 amide bonds. The zero-order valence-corrected chi connectivity index (χ0v) is 17.5. The van der Waals surface area contributed by atoms with Crippen LogP contribution in [0.3, 0.4) is 0 Å². The lowest BCUT2D eigenvalue weighted by atomic mass is 10.0. The van der Waals surface area contributed by atoms with E-state index >= 15 is 0 Å². The van der Waals surface area contributed by atoms with Gasteiger partial charge in [-0.3, -0.25) is 4.79 Å². The van der Waals surface area contributed by atoms with Gasteiger partial charge in [-0.05, 0) is 66.5 Å². The van der Waals surface area contributed by atoms with Gasteiger partial charge in [0.2, 0.25) is 0 Å². The normalized spacial score (nSPS) is 12.1. The quantitative estimate of drug-likeness (QED) is 0.832. The number of ether oxygens (including phenoxy) is 1. The number of hydrogen-bond donors (Lipinski definition) is 2. The van der Waals surface area contributed by atoms with Crippen LogP contribution in [0.1, 0.15) is 61.9 Å². The summed E-state index contributed by atoms with van der Waals surface area (Å²) < 4.78 is 11.1. The summed E-state index contributed by atoms with van der Waals surface area (Å²) in [5.41, 5.74) is 2.37. The van der Waals surface area contributed by atoms with Gasteiger partial charge in [0.15, 0.2) is 5.76 Å². The van der Waals surface area contributed by atoms with E-state index in [9.17, 15) is 9.59 Å². The Balaban J connectivity index is 2.13. The van der Waals surface area contributed by atoms with E-state index in [1.807, 2.05) is 46.8 Å². The molecule has 0 aliphatic carbocycles. The molecule has 27 heavy (non-hydrogen) atoms. The molecule has 2 rings (SSSR count). The highest BCUT2D eigenvalue weighted by Crippen LogP contribution is 2.30. The van der Waals surface area contributed by atoms with E-state index in [1.165, 1.54) is 0 Å². The molecule has 1 aromatic heterocycles. The molecule has 0 saturated carbocycles. The van der Waals surface area contributed by atoms with Crippen LogP contribution in [0.4, 0.5) is 4.79 Å². The molecule has 0 radical (unpaired) electrons. The van der Waals surface area contributed by atoms with Gasteiger partial charge in [0, 0.05) is 17.5 Å². The third-order valence-corrected chi connectivity index (χ3v) is 4.21. The Labute approximate surface area is 160 Å². The highest BCUT2D eigenvalue weighted by atomic mass is 16.6. The third kappa shape index (κ3) is 5.02. The molecule has 1 aromatic carbocycles. The van der Waals surface area contributed by atoms with Crippen molar-refractivity contribution in [2.45, 2.75) is 66.5 Å². The fourth-order valence-corrected chi connectivity index (χ4v) is 2.91. The number of furan rings is 1. The van der Waals surface area contributed by atoms with Crippen molar-refractivity contribution in [3.63, 3.8) is 0 Å². The second kappa shape index (κ2) is 7.25.